The molecule has 21 heavy (non-hydrogen) atoms. The number of carbonyl (C=O) groups is 1. The van der Waals surface area contributed by atoms with Gasteiger partial charge in [-0.25, -0.2) is 9.11 Å². The molecule has 0 amide bonds. The molecule has 0 aliphatic rings. The van der Waals surface area contributed by atoms with Crippen molar-refractivity contribution in [3.05, 3.63) is 35.1 Å². The van der Waals surface area contributed by atoms with E-state index in [2.05, 4.69) is 4.72 Å². The van der Waals surface area contributed by atoms with Gasteiger partial charge in [-0.1, -0.05) is 6.07 Å². The molecule has 0 saturated carbocycles. The molecule has 0 bridgehead atoms. The summed E-state index contributed by atoms with van der Waals surface area (Å²) in [5, 5.41) is 8.53. The fourth-order valence-corrected chi connectivity index (χ4v) is 2.65. The first-order chi connectivity index (χ1) is 9.72. The van der Waals surface area contributed by atoms with Crippen LogP contribution in [0.2, 0.25) is 0 Å². The first-order valence-electron chi connectivity index (χ1n) is 6.40. The van der Waals surface area contributed by atoms with Crippen LogP contribution in [0.3, 0.4) is 0 Å². The molecule has 0 aromatic heterocycles. The van der Waals surface area contributed by atoms with Crippen LogP contribution >= 0.6 is 0 Å². The van der Waals surface area contributed by atoms with E-state index >= 15 is 0 Å². The number of aliphatic carboxylic acids is 1. The van der Waals surface area contributed by atoms with Crippen LogP contribution < -0.4 is 4.72 Å². The third kappa shape index (κ3) is 5.78. The molecule has 8 heteroatoms. The quantitative estimate of drug-likeness (QED) is 0.746. The Hall–Kier alpha value is -1.51. The molecule has 0 heterocycles. The Morgan fingerprint density at radius 2 is 2.10 bits per heavy atom. The maximum atomic E-state index is 12.9. The van der Waals surface area contributed by atoms with Crippen LogP contribution in [0.15, 0.2) is 18.2 Å². The van der Waals surface area contributed by atoms with Crippen LogP contribution in [0.25, 0.3) is 0 Å². The third-order valence-electron chi connectivity index (χ3n) is 3.03. The number of aryl methyl sites for hydroxylation is 1. The summed E-state index contributed by atoms with van der Waals surface area (Å²) in [7, 11) is -2.39. The highest BCUT2D eigenvalue weighted by Crippen LogP contribution is 2.10. The second kappa shape index (κ2) is 7.48. The molecule has 0 saturated heterocycles. The van der Waals surface area contributed by atoms with E-state index < -0.39 is 16.2 Å². The molecular weight excluding hydrogens is 299 g/mol. The third-order valence-corrected chi connectivity index (χ3v) is 4.61. The molecule has 1 rings (SSSR count). The van der Waals surface area contributed by atoms with Gasteiger partial charge in [0.15, 0.2) is 0 Å². The Bertz CT molecular complexity index is 604. The Labute approximate surface area is 123 Å². The number of carboxylic acids is 1. The van der Waals surface area contributed by atoms with Gasteiger partial charge < -0.3 is 5.11 Å². The van der Waals surface area contributed by atoms with Crippen LogP contribution in [0.1, 0.15) is 17.5 Å². The molecule has 0 aliphatic carbocycles. The maximum absolute atomic E-state index is 12.9. The molecule has 6 nitrogen and oxygen atoms in total. The lowest BCUT2D eigenvalue weighted by Crippen LogP contribution is -2.40. The second-order valence-electron chi connectivity index (χ2n) is 4.69. The zero-order valence-electron chi connectivity index (χ0n) is 12.0. The van der Waals surface area contributed by atoms with E-state index in [0.717, 1.165) is 15.4 Å². The van der Waals surface area contributed by atoms with Gasteiger partial charge in [-0.2, -0.15) is 12.7 Å². The Morgan fingerprint density at radius 3 is 2.67 bits per heavy atom. The topological polar surface area (TPSA) is 86.7 Å². The molecule has 1 aromatic carbocycles. The zero-order chi connectivity index (χ0) is 16.0. The van der Waals surface area contributed by atoms with Gasteiger partial charge in [-0.3, -0.25) is 4.79 Å². The molecule has 0 spiro atoms. The van der Waals surface area contributed by atoms with Gasteiger partial charge in [-0.15, -0.1) is 0 Å². The highest BCUT2D eigenvalue weighted by molar-refractivity contribution is 7.87. The predicted octanol–water partition coefficient (Wildman–Crippen LogP) is 0.918. The van der Waals surface area contributed by atoms with E-state index in [9.17, 15) is 17.6 Å². The number of halogens is 1. The minimum Gasteiger partial charge on any atom is -0.481 e. The highest BCUT2D eigenvalue weighted by atomic mass is 32.2. The van der Waals surface area contributed by atoms with Crippen molar-refractivity contribution in [1.82, 2.24) is 9.03 Å². The van der Waals surface area contributed by atoms with Gasteiger partial charge in [-0.05, 0) is 36.6 Å². The fourth-order valence-electron chi connectivity index (χ4n) is 1.74. The molecule has 0 atom stereocenters. The van der Waals surface area contributed by atoms with Crippen molar-refractivity contribution in [2.24, 2.45) is 0 Å². The summed E-state index contributed by atoms with van der Waals surface area (Å²) < 4.78 is 40.0. The van der Waals surface area contributed by atoms with Gasteiger partial charge in [0.05, 0.1) is 6.42 Å². The zero-order valence-corrected chi connectivity index (χ0v) is 12.8. The van der Waals surface area contributed by atoms with Gasteiger partial charge in [0.2, 0.25) is 0 Å². The molecule has 0 unspecified atom stereocenters. The van der Waals surface area contributed by atoms with E-state index in [4.69, 9.17) is 5.11 Å². The molecule has 2 N–H and O–H groups in total. The van der Waals surface area contributed by atoms with E-state index in [-0.39, 0.29) is 25.3 Å². The van der Waals surface area contributed by atoms with Gasteiger partial charge in [0, 0.05) is 20.1 Å². The van der Waals surface area contributed by atoms with Crippen LogP contribution in [0.5, 0.6) is 0 Å². The lowest BCUT2D eigenvalue weighted by atomic mass is 10.1. The van der Waals surface area contributed by atoms with Crippen molar-refractivity contribution in [3.63, 3.8) is 0 Å². The molecular formula is C13H19FN2O4S. The molecule has 1 aromatic rings. The smallest absolute Gasteiger partial charge is 0.304 e. The Balaban J connectivity index is 2.51. The van der Waals surface area contributed by atoms with Crippen molar-refractivity contribution in [1.29, 1.82) is 0 Å². The molecule has 0 radical (unpaired) electrons. The molecule has 0 fully saturated rings. The van der Waals surface area contributed by atoms with E-state index in [1.807, 2.05) is 0 Å². The summed E-state index contributed by atoms with van der Waals surface area (Å²) >= 11 is 0. The number of rotatable bonds is 8. The Kier molecular flexibility index (Phi) is 6.25. The lowest BCUT2D eigenvalue weighted by molar-refractivity contribution is -0.137. The number of carboxylic acid groups (broad SMARTS) is 1. The van der Waals surface area contributed by atoms with Gasteiger partial charge in [0.25, 0.3) is 10.2 Å². The largest absolute Gasteiger partial charge is 0.481 e. The number of hydrogen-bond acceptors (Lipinski definition) is 3. The van der Waals surface area contributed by atoms with Gasteiger partial charge in [0.1, 0.15) is 5.82 Å². The minimum absolute atomic E-state index is 0.0970. The van der Waals surface area contributed by atoms with Crippen molar-refractivity contribution in [3.8, 4) is 0 Å². The Morgan fingerprint density at radius 1 is 1.43 bits per heavy atom. The lowest BCUT2D eigenvalue weighted by Gasteiger charge is -2.17. The summed E-state index contributed by atoms with van der Waals surface area (Å²) in [5.41, 5.74) is 1.61. The first kappa shape index (κ1) is 17.5. The summed E-state index contributed by atoms with van der Waals surface area (Å²) in [6.07, 6.45) is 0.173. The predicted molar refractivity (Wildman–Crippen MR) is 76.6 cm³/mol. The summed E-state index contributed by atoms with van der Waals surface area (Å²) in [5.74, 6) is -1.38. The number of benzene rings is 1. The van der Waals surface area contributed by atoms with E-state index in [0.29, 0.717) is 6.42 Å². The van der Waals surface area contributed by atoms with Crippen LogP contribution in [0.4, 0.5) is 4.39 Å². The SMILES string of the molecule is Cc1cc(F)ccc1CCNS(=O)(=O)N(C)CCC(=O)O. The average molecular weight is 318 g/mol. The van der Waals surface area contributed by atoms with Crippen LogP contribution in [-0.2, 0) is 21.4 Å². The second-order valence-corrected chi connectivity index (χ2v) is 6.55. The number of nitrogens with zero attached hydrogens (tertiary/aromatic N) is 1. The molecule has 118 valence electrons. The maximum Gasteiger partial charge on any atom is 0.304 e. The average Bonchev–Trinajstić information content (AvgIpc) is 2.38. The fraction of sp³-hybridized carbons (Fsp3) is 0.462. The summed E-state index contributed by atoms with van der Waals surface area (Å²) in [4.78, 5) is 10.4. The number of nitrogens with one attached hydrogen (secondary N) is 1. The van der Waals surface area contributed by atoms with E-state index in [1.165, 1.54) is 19.2 Å². The minimum atomic E-state index is -3.70. The monoisotopic (exact) mass is 318 g/mol. The van der Waals surface area contributed by atoms with Crippen molar-refractivity contribution in [2.75, 3.05) is 20.1 Å². The van der Waals surface area contributed by atoms with Crippen molar-refractivity contribution >= 4 is 16.2 Å². The first-order valence-corrected chi connectivity index (χ1v) is 7.84. The van der Waals surface area contributed by atoms with Crippen molar-refractivity contribution in [2.45, 2.75) is 19.8 Å². The molecule has 0 aliphatic heterocycles. The highest BCUT2D eigenvalue weighted by Gasteiger charge is 2.17. The normalized spacial score (nSPS) is 11.8. The van der Waals surface area contributed by atoms with Gasteiger partial charge >= 0.3 is 5.97 Å². The summed E-state index contributed by atoms with van der Waals surface area (Å²) in [6, 6.07) is 4.34. The summed E-state index contributed by atoms with van der Waals surface area (Å²) in [6.45, 7) is 1.82. The number of hydrogen-bond donors (Lipinski definition) is 2. The van der Waals surface area contributed by atoms with Crippen molar-refractivity contribution < 1.29 is 22.7 Å². The van der Waals surface area contributed by atoms with Crippen LogP contribution in [-0.4, -0.2) is 43.9 Å². The van der Waals surface area contributed by atoms with Crippen LogP contribution in [0, 0.1) is 12.7 Å². The standard InChI is InChI=1S/C13H19FN2O4S/c1-10-9-12(14)4-3-11(10)5-7-15-21(19,20)16(2)8-6-13(17)18/h3-4,9,15H,5-8H2,1-2H3,(H,17,18). The van der Waals surface area contributed by atoms with E-state index in [1.54, 1.807) is 13.0 Å².